The van der Waals surface area contributed by atoms with Crippen molar-refractivity contribution >= 4 is 27.6 Å². The minimum Gasteiger partial charge on any atom is -0.493 e. The third kappa shape index (κ3) is 3.11. The lowest BCUT2D eigenvalue weighted by Crippen LogP contribution is -2.39. The van der Waals surface area contributed by atoms with Crippen LogP contribution < -0.4 is 20.1 Å². The maximum atomic E-state index is 6.10. The molecule has 0 aliphatic carbocycles. The monoisotopic (exact) mass is 403 g/mol. The molecule has 0 unspecified atom stereocenters. The Morgan fingerprint density at radius 2 is 1.77 bits per heavy atom. The average molecular weight is 403 g/mol. The number of aromatic nitrogens is 3. The zero-order valence-corrected chi connectivity index (χ0v) is 17.2. The number of piperidine rings is 1. The van der Waals surface area contributed by atoms with E-state index in [9.17, 15) is 0 Å². The molecule has 1 aliphatic heterocycles. The van der Waals surface area contributed by atoms with Gasteiger partial charge in [0.2, 0.25) is 0 Å². The normalized spacial score (nSPS) is 15.1. The van der Waals surface area contributed by atoms with Gasteiger partial charge < -0.3 is 20.1 Å². The van der Waals surface area contributed by atoms with E-state index in [1.807, 2.05) is 22.8 Å². The van der Waals surface area contributed by atoms with Crippen molar-refractivity contribution in [2.75, 3.05) is 32.2 Å². The molecule has 0 radical (unpaired) electrons. The van der Waals surface area contributed by atoms with Crippen LogP contribution in [0, 0.1) is 0 Å². The van der Waals surface area contributed by atoms with Gasteiger partial charge in [0.15, 0.2) is 11.5 Å². The summed E-state index contributed by atoms with van der Waals surface area (Å²) >= 11 is 0. The number of fused-ring (bicyclic) bond motifs is 2. The third-order valence-electron chi connectivity index (χ3n) is 5.86. The maximum absolute atomic E-state index is 6.10. The molecule has 4 aromatic rings. The summed E-state index contributed by atoms with van der Waals surface area (Å²) in [6, 6.07) is 14.6. The first kappa shape index (κ1) is 18.7. The summed E-state index contributed by atoms with van der Waals surface area (Å²) in [6.07, 6.45) is 3.80. The second-order valence-corrected chi connectivity index (χ2v) is 7.65. The fourth-order valence-electron chi connectivity index (χ4n) is 4.17. The molecule has 2 aromatic carbocycles. The van der Waals surface area contributed by atoms with Gasteiger partial charge in [0.1, 0.15) is 12.1 Å². The molecule has 1 fully saturated rings. The minimum atomic E-state index is 0.295. The van der Waals surface area contributed by atoms with Crippen molar-refractivity contribution in [3.8, 4) is 17.3 Å². The number of anilines is 1. The van der Waals surface area contributed by atoms with Gasteiger partial charge in [-0.1, -0.05) is 12.1 Å². The standard InChI is InChI=1S/C23H25N5O2/c1-29-20-12-17-19(13-21(20)30-2)28(14-25-17)22-7-6-15-4-3-5-18(23(15)26-22)27-10-8-16(24)9-11-27/h3-7,12-14,16H,8-11,24H2,1-2H3. The van der Waals surface area contributed by atoms with Gasteiger partial charge in [-0.3, -0.25) is 4.57 Å². The topological polar surface area (TPSA) is 78.4 Å². The summed E-state index contributed by atoms with van der Waals surface area (Å²) in [5, 5.41) is 1.12. The van der Waals surface area contributed by atoms with Gasteiger partial charge in [-0.05, 0) is 31.0 Å². The highest BCUT2D eigenvalue weighted by Crippen LogP contribution is 2.33. The average Bonchev–Trinajstić information content (AvgIpc) is 3.20. The summed E-state index contributed by atoms with van der Waals surface area (Å²) in [5.41, 5.74) is 10.00. The molecular formula is C23H25N5O2. The van der Waals surface area contributed by atoms with Gasteiger partial charge in [-0.2, -0.15) is 0 Å². The second-order valence-electron chi connectivity index (χ2n) is 7.65. The number of methoxy groups -OCH3 is 2. The molecule has 154 valence electrons. The molecule has 0 atom stereocenters. The van der Waals surface area contributed by atoms with Crippen LogP contribution in [0.5, 0.6) is 11.5 Å². The quantitative estimate of drug-likeness (QED) is 0.562. The maximum Gasteiger partial charge on any atom is 0.163 e. The molecule has 0 spiro atoms. The fraction of sp³-hybridized carbons (Fsp3) is 0.304. The van der Waals surface area contributed by atoms with E-state index in [0.717, 1.165) is 59.4 Å². The molecule has 7 nitrogen and oxygen atoms in total. The van der Waals surface area contributed by atoms with Crippen LogP contribution in [0.15, 0.2) is 48.8 Å². The highest BCUT2D eigenvalue weighted by atomic mass is 16.5. The van der Waals surface area contributed by atoms with Gasteiger partial charge in [0, 0.05) is 36.7 Å². The summed E-state index contributed by atoms with van der Waals surface area (Å²) in [6.45, 7) is 1.91. The van der Waals surface area contributed by atoms with Crippen molar-refractivity contribution in [3.63, 3.8) is 0 Å². The van der Waals surface area contributed by atoms with Crippen LogP contribution in [0.1, 0.15) is 12.8 Å². The molecule has 1 aliphatic rings. The Morgan fingerprint density at radius 1 is 1.00 bits per heavy atom. The number of imidazole rings is 1. The van der Waals surface area contributed by atoms with Gasteiger partial charge in [0.05, 0.1) is 36.5 Å². The molecule has 2 N–H and O–H groups in total. The van der Waals surface area contributed by atoms with E-state index in [0.29, 0.717) is 17.5 Å². The Morgan fingerprint density at radius 3 is 2.53 bits per heavy atom. The number of nitrogens with zero attached hydrogens (tertiary/aromatic N) is 4. The highest BCUT2D eigenvalue weighted by molar-refractivity contribution is 5.92. The van der Waals surface area contributed by atoms with Crippen LogP contribution in [-0.4, -0.2) is 47.9 Å². The largest absolute Gasteiger partial charge is 0.493 e. The first-order chi connectivity index (χ1) is 14.7. The number of para-hydroxylation sites is 1. The molecule has 1 saturated heterocycles. The van der Waals surface area contributed by atoms with Gasteiger partial charge >= 0.3 is 0 Å². The number of ether oxygens (including phenoxy) is 2. The zero-order valence-electron chi connectivity index (χ0n) is 17.2. The lowest BCUT2D eigenvalue weighted by atomic mass is 10.0. The van der Waals surface area contributed by atoms with E-state index in [4.69, 9.17) is 20.2 Å². The first-order valence-corrected chi connectivity index (χ1v) is 10.2. The summed E-state index contributed by atoms with van der Waals surface area (Å²) < 4.78 is 12.9. The van der Waals surface area contributed by atoms with E-state index in [1.165, 1.54) is 0 Å². The Balaban J connectivity index is 1.62. The van der Waals surface area contributed by atoms with Crippen molar-refractivity contribution in [2.45, 2.75) is 18.9 Å². The van der Waals surface area contributed by atoms with Crippen molar-refractivity contribution in [1.29, 1.82) is 0 Å². The Labute approximate surface area is 175 Å². The number of nitrogens with two attached hydrogens (primary N) is 1. The van der Waals surface area contributed by atoms with Crippen LogP contribution in [0.3, 0.4) is 0 Å². The van der Waals surface area contributed by atoms with Gasteiger partial charge in [-0.15, -0.1) is 0 Å². The van der Waals surface area contributed by atoms with Crippen LogP contribution in [-0.2, 0) is 0 Å². The molecule has 7 heteroatoms. The molecule has 0 saturated carbocycles. The number of pyridine rings is 1. The molecule has 0 amide bonds. The van der Waals surface area contributed by atoms with Gasteiger partial charge in [-0.25, -0.2) is 9.97 Å². The summed E-state index contributed by atoms with van der Waals surface area (Å²) in [5.74, 6) is 2.14. The van der Waals surface area contributed by atoms with Crippen LogP contribution in [0.2, 0.25) is 0 Å². The van der Waals surface area contributed by atoms with Crippen molar-refractivity contribution in [3.05, 3.63) is 48.8 Å². The van der Waals surface area contributed by atoms with Crippen molar-refractivity contribution in [2.24, 2.45) is 5.73 Å². The van der Waals surface area contributed by atoms with Crippen molar-refractivity contribution in [1.82, 2.24) is 14.5 Å². The Bertz CT molecular complexity index is 1210. The van der Waals surface area contributed by atoms with Crippen LogP contribution >= 0.6 is 0 Å². The first-order valence-electron chi connectivity index (χ1n) is 10.2. The molecular weight excluding hydrogens is 378 g/mol. The smallest absolute Gasteiger partial charge is 0.163 e. The lowest BCUT2D eigenvalue weighted by Gasteiger charge is -2.32. The minimum absolute atomic E-state index is 0.295. The predicted molar refractivity (Wildman–Crippen MR) is 119 cm³/mol. The zero-order chi connectivity index (χ0) is 20.7. The van der Waals surface area contributed by atoms with Crippen LogP contribution in [0.4, 0.5) is 5.69 Å². The van der Waals surface area contributed by atoms with E-state index < -0.39 is 0 Å². The van der Waals surface area contributed by atoms with Gasteiger partial charge in [0.25, 0.3) is 0 Å². The van der Waals surface area contributed by atoms with E-state index in [-0.39, 0.29) is 0 Å². The van der Waals surface area contributed by atoms with E-state index in [1.54, 1.807) is 20.5 Å². The van der Waals surface area contributed by atoms with E-state index >= 15 is 0 Å². The second kappa shape index (κ2) is 7.50. The summed E-state index contributed by atoms with van der Waals surface area (Å²) in [7, 11) is 3.26. The van der Waals surface area contributed by atoms with E-state index in [2.05, 4.69) is 34.1 Å². The molecule has 0 bridgehead atoms. The highest BCUT2D eigenvalue weighted by Gasteiger charge is 2.19. The predicted octanol–water partition coefficient (Wildman–Crippen LogP) is 3.52. The number of rotatable bonds is 4. The number of benzene rings is 2. The number of hydrogen-bond donors (Lipinski definition) is 1. The summed E-state index contributed by atoms with van der Waals surface area (Å²) in [4.78, 5) is 12.0. The van der Waals surface area contributed by atoms with Crippen molar-refractivity contribution < 1.29 is 9.47 Å². The molecule has 2 aromatic heterocycles. The van der Waals surface area contributed by atoms with Crippen LogP contribution in [0.25, 0.3) is 27.8 Å². The Hall–Kier alpha value is -3.32. The Kier molecular flexibility index (Phi) is 4.67. The lowest BCUT2D eigenvalue weighted by molar-refractivity contribution is 0.355. The molecule has 5 rings (SSSR count). The fourth-order valence-corrected chi connectivity index (χ4v) is 4.17. The SMILES string of the molecule is COc1cc2ncn(-c3ccc4cccc(N5CCC(N)CC5)c4n3)c2cc1OC. The molecule has 3 heterocycles. The number of hydrogen-bond acceptors (Lipinski definition) is 6. The molecule has 30 heavy (non-hydrogen) atoms. The third-order valence-corrected chi connectivity index (χ3v) is 5.86.